The maximum atomic E-state index is 13.9. The number of nitro groups is 1. The van der Waals surface area contributed by atoms with Crippen LogP contribution in [0.4, 0.5) is 18.9 Å². The molecule has 0 aliphatic rings. The second kappa shape index (κ2) is 5.79. The molecule has 0 atom stereocenters. The third kappa shape index (κ3) is 2.60. The highest BCUT2D eigenvalue weighted by Gasteiger charge is 2.43. The van der Waals surface area contributed by atoms with Crippen LogP contribution >= 0.6 is 0 Å². The Morgan fingerprint density at radius 1 is 1.05 bits per heavy atom. The van der Waals surface area contributed by atoms with Gasteiger partial charge in [0.25, 0.3) is 0 Å². The smallest absolute Gasteiger partial charge is 0.326 e. The van der Waals surface area contributed by atoms with E-state index in [0.717, 1.165) is 0 Å². The first kappa shape index (κ1) is 17.1. The van der Waals surface area contributed by atoms with E-state index in [1.54, 1.807) is 0 Å². The van der Waals surface area contributed by atoms with E-state index >= 15 is 0 Å². The van der Waals surface area contributed by atoms with Crippen LogP contribution in [-0.4, -0.2) is 32.9 Å². The molecule has 0 amide bonds. The number of carbonyl (C=O) groups excluding carboxylic acids is 1. The van der Waals surface area contributed by atoms with Gasteiger partial charge in [-0.3, -0.25) is 24.5 Å². The highest BCUT2D eigenvalue weighted by atomic mass is 19.2. The lowest BCUT2D eigenvalue weighted by molar-refractivity contribution is -0.388. The van der Waals surface area contributed by atoms with E-state index in [1.807, 2.05) is 0 Å². The molecule has 0 aliphatic heterocycles. The Morgan fingerprint density at radius 2 is 1.50 bits per heavy atom. The molecule has 118 valence electrons. The molecule has 0 aliphatic carbocycles. The normalized spacial score (nSPS) is 10.6. The molecule has 0 aromatic heterocycles. The minimum Gasteiger partial charge on any atom is -0.480 e. The minimum atomic E-state index is -2.91. The summed E-state index contributed by atoms with van der Waals surface area (Å²) >= 11 is 0. The van der Waals surface area contributed by atoms with E-state index in [0.29, 0.717) is 6.92 Å². The summed E-state index contributed by atoms with van der Waals surface area (Å²) in [5, 5.41) is 28.0. The zero-order valence-corrected chi connectivity index (χ0v) is 10.6. The van der Waals surface area contributed by atoms with Gasteiger partial charge in [-0.15, -0.1) is 0 Å². The highest BCUT2D eigenvalue weighted by molar-refractivity contribution is 6.21. The van der Waals surface area contributed by atoms with Gasteiger partial charge in [0, 0.05) is 5.56 Å². The zero-order chi connectivity index (χ0) is 17.4. The van der Waals surface area contributed by atoms with Crippen LogP contribution in [0.1, 0.15) is 15.9 Å². The van der Waals surface area contributed by atoms with Gasteiger partial charge in [0.1, 0.15) is 11.4 Å². The summed E-state index contributed by atoms with van der Waals surface area (Å²) in [7, 11) is 0. The minimum absolute atomic E-state index is 0.644. The molecule has 0 heterocycles. The summed E-state index contributed by atoms with van der Waals surface area (Å²) in [4.78, 5) is 42.3. The summed E-state index contributed by atoms with van der Waals surface area (Å²) in [6, 6.07) is 0. The standard InChI is InChI=1S/C11H6F3NO7/c1-2-5(12)3(8(15(21)22)7(14)6(2)13)9(16)4(10(17)18)11(19)20/h4H,1H3,(H,17,18)(H,19,20). The van der Waals surface area contributed by atoms with E-state index in [-0.39, 0.29) is 0 Å². The van der Waals surface area contributed by atoms with Gasteiger partial charge in [-0.2, -0.15) is 4.39 Å². The molecule has 2 N–H and O–H groups in total. The van der Waals surface area contributed by atoms with Crippen LogP contribution in [0, 0.1) is 40.4 Å². The fourth-order valence-electron chi connectivity index (χ4n) is 1.64. The average Bonchev–Trinajstić information content (AvgIpc) is 2.38. The summed E-state index contributed by atoms with van der Waals surface area (Å²) in [6.45, 7) is 0.644. The van der Waals surface area contributed by atoms with Gasteiger partial charge in [0.15, 0.2) is 11.6 Å². The zero-order valence-electron chi connectivity index (χ0n) is 10.6. The van der Waals surface area contributed by atoms with Gasteiger partial charge in [-0.25, -0.2) is 8.78 Å². The lowest BCUT2D eigenvalue weighted by Gasteiger charge is -2.11. The number of carbonyl (C=O) groups is 3. The Balaban J connectivity index is 3.80. The largest absolute Gasteiger partial charge is 0.480 e. The molecule has 1 aromatic carbocycles. The van der Waals surface area contributed by atoms with Crippen LogP contribution in [0.3, 0.4) is 0 Å². The summed E-state index contributed by atoms with van der Waals surface area (Å²) in [5.41, 5.74) is -4.82. The maximum absolute atomic E-state index is 13.9. The Bertz CT molecular complexity index is 702. The number of benzene rings is 1. The number of ketones is 1. The molecule has 0 saturated heterocycles. The molecule has 0 unspecified atom stereocenters. The first-order valence-electron chi connectivity index (χ1n) is 5.33. The van der Waals surface area contributed by atoms with Crippen molar-refractivity contribution < 1.29 is 42.7 Å². The van der Waals surface area contributed by atoms with Crippen molar-refractivity contribution >= 4 is 23.4 Å². The number of aliphatic carboxylic acids is 2. The van der Waals surface area contributed by atoms with Crippen molar-refractivity contribution in [3.8, 4) is 0 Å². The molecule has 0 fully saturated rings. The summed E-state index contributed by atoms with van der Waals surface area (Å²) in [6.07, 6.45) is 0. The van der Waals surface area contributed by atoms with Crippen molar-refractivity contribution in [3.05, 3.63) is 38.7 Å². The van der Waals surface area contributed by atoms with Gasteiger partial charge >= 0.3 is 17.6 Å². The molecule has 8 nitrogen and oxygen atoms in total. The van der Waals surface area contributed by atoms with Gasteiger partial charge in [-0.1, -0.05) is 0 Å². The van der Waals surface area contributed by atoms with Crippen molar-refractivity contribution in [2.75, 3.05) is 0 Å². The SMILES string of the molecule is Cc1c(F)c(F)c([N+](=O)[O-])c(C(=O)C(C(=O)O)C(=O)O)c1F. The van der Waals surface area contributed by atoms with Crippen LogP contribution in [0.25, 0.3) is 0 Å². The van der Waals surface area contributed by atoms with Crippen LogP contribution in [0.15, 0.2) is 0 Å². The van der Waals surface area contributed by atoms with E-state index in [1.165, 1.54) is 0 Å². The molecule has 1 rings (SSSR count). The predicted octanol–water partition coefficient (Wildman–Crippen LogP) is 1.29. The lowest BCUT2D eigenvalue weighted by atomic mass is 9.94. The lowest BCUT2D eigenvalue weighted by Crippen LogP contribution is -2.33. The van der Waals surface area contributed by atoms with Crippen molar-refractivity contribution in [2.24, 2.45) is 5.92 Å². The van der Waals surface area contributed by atoms with Crippen LogP contribution in [0.5, 0.6) is 0 Å². The molecule has 0 saturated carbocycles. The molecule has 0 radical (unpaired) electrons. The van der Waals surface area contributed by atoms with Crippen molar-refractivity contribution in [1.29, 1.82) is 0 Å². The second-order valence-corrected chi connectivity index (χ2v) is 4.02. The Kier molecular flexibility index (Phi) is 4.49. The summed E-state index contributed by atoms with van der Waals surface area (Å²) in [5.74, 6) is -15.5. The Morgan fingerprint density at radius 3 is 1.86 bits per heavy atom. The third-order valence-electron chi connectivity index (χ3n) is 2.70. The Labute approximate surface area is 118 Å². The molecular weight excluding hydrogens is 315 g/mol. The van der Waals surface area contributed by atoms with Crippen molar-refractivity contribution in [2.45, 2.75) is 6.92 Å². The number of nitro benzene ring substituents is 1. The molecule has 11 heteroatoms. The number of hydrogen-bond acceptors (Lipinski definition) is 5. The first-order valence-corrected chi connectivity index (χ1v) is 5.33. The fourth-order valence-corrected chi connectivity index (χ4v) is 1.64. The average molecular weight is 321 g/mol. The maximum Gasteiger partial charge on any atom is 0.326 e. The van der Waals surface area contributed by atoms with Crippen LogP contribution in [0.2, 0.25) is 0 Å². The number of carboxylic acids is 2. The molecule has 0 spiro atoms. The van der Waals surface area contributed by atoms with E-state index < -0.39 is 62.8 Å². The molecule has 22 heavy (non-hydrogen) atoms. The topological polar surface area (TPSA) is 135 Å². The number of rotatable bonds is 5. The molecule has 1 aromatic rings. The number of hydrogen-bond donors (Lipinski definition) is 2. The van der Waals surface area contributed by atoms with Crippen LogP contribution < -0.4 is 0 Å². The second-order valence-electron chi connectivity index (χ2n) is 4.02. The number of Topliss-reactive ketones (excluding diaryl/α,β-unsaturated/α-hetero) is 1. The van der Waals surface area contributed by atoms with Crippen molar-refractivity contribution in [3.63, 3.8) is 0 Å². The van der Waals surface area contributed by atoms with Crippen LogP contribution in [-0.2, 0) is 9.59 Å². The number of carboxylic acid groups (broad SMARTS) is 2. The first-order chi connectivity index (χ1) is 10.0. The van der Waals surface area contributed by atoms with Gasteiger partial charge in [-0.05, 0) is 6.92 Å². The Hall–Kier alpha value is -2.98. The van der Waals surface area contributed by atoms with Crippen molar-refractivity contribution in [1.82, 2.24) is 0 Å². The molecule has 0 bridgehead atoms. The molecular formula is C11H6F3NO7. The fraction of sp³-hybridized carbons (Fsp3) is 0.182. The highest BCUT2D eigenvalue weighted by Crippen LogP contribution is 2.32. The van der Waals surface area contributed by atoms with Gasteiger partial charge in [0.2, 0.25) is 11.7 Å². The monoisotopic (exact) mass is 321 g/mol. The third-order valence-corrected chi connectivity index (χ3v) is 2.70. The predicted molar refractivity (Wildman–Crippen MR) is 60.8 cm³/mol. The van der Waals surface area contributed by atoms with E-state index in [4.69, 9.17) is 10.2 Å². The number of nitrogens with zero attached hydrogens (tertiary/aromatic N) is 1. The quantitative estimate of drug-likeness (QED) is 0.274. The van der Waals surface area contributed by atoms with E-state index in [9.17, 15) is 37.7 Å². The van der Waals surface area contributed by atoms with Gasteiger partial charge < -0.3 is 10.2 Å². The van der Waals surface area contributed by atoms with E-state index in [2.05, 4.69) is 0 Å². The number of halogens is 3. The van der Waals surface area contributed by atoms with Gasteiger partial charge in [0.05, 0.1) is 4.92 Å². The summed E-state index contributed by atoms with van der Waals surface area (Å²) < 4.78 is 40.7.